The maximum Gasteiger partial charge on any atom is 0.161 e. The molecule has 0 aliphatic heterocycles. The van der Waals surface area contributed by atoms with Crippen molar-refractivity contribution in [2.24, 2.45) is 0 Å². The van der Waals surface area contributed by atoms with Gasteiger partial charge in [-0.15, -0.1) is 0 Å². The lowest BCUT2D eigenvalue weighted by Gasteiger charge is -2.14. The summed E-state index contributed by atoms with van der Waals surface area (Å²) in [7, 11) is 5.89. The molecule has 2 unspecified atom stereocenters. The Morgan fingerprint density at radius 2 is 1.03 bits per heavy atom. The first-order valence-electron chi connectivity index (χ1n) is 9.72. The van der Waals surface area contributed by atoms with Crippen molar-refractivity contribution in [3.05, 3.63) is 47.5 Å². The van der Waals surface area contributed by atoms with Crippen LogP contribution < -0.4 is 18.9 Å². The molecule has 0 fully saturated rings. The van der Waals surface area contributed by atoms with Crippen LogP contribution in [0.5, 0.6) is 23.0 Å². The lowest BCUT2D eigenvalue weighted by atomic mass is 9.89. The summed E-state index contributed by atoms with van der Waals surface area (Å²) >= 11 is 0. The van der Waals surface area contributed by atoms with Crippen LogP contribution in [0.25, 0.3) is 0 Å². The number of hydrogen-bond donors (Lipinski definition) is 0. The van der Waals surface area contributed by atoms with Gasteiger partial charge in [-0.3, -0.25) is 9.59 Å². The number of rotatable bonds is 11. The van der Waals surface area contributed by atoms with E-state index in [4.69, 9.17) is 18.9 Å². The third kappa shape index (κ3) is 5.35. The Labute approximate surface area is 186 Å². The molecule has 0 bridgehead atoms. The van der Waals surface area contributed by atoms with Crippen LogP contribution in [-0.2, 0) is 9.59 Å². The highest BCUT2D eigenvalue weighted by Crippen LogP contribution is 2.33. The number of ether oxygens (including phenoxy) is 4. The number of carbonyl (C=O) groups excluding carboxylic acids is 2. The van der Waals surface area contributed by atoms with E-state index < -0.39 is 23.4 Å². The number of hydrogen-bond acceptors (Lipinski definition) is 8. The second-order valence-electron chi connectivity index (χ2n) is 6.79. The third-order valence-corrected chi connectivity index (χ3v) is 5.00. The van der Waals surface area contributed by atoms with Gasteiger partial charge in [-0.05, 0) is 35.4 Å². The lowest BCUT2D eigenvalue weighted by Crippen LogP contribution is -2.16. The van der Waals surface area contributed by atoms with Gasteiger partial charge in [0, 0.05) is 12.8 Å². The Kier molecular flexibility index (Phi) is 8.62. The average Bonchev–Trinajstić information content (AvgIpc) is 2.83. The van der Waals surface area contributed by atoms with E-state index >= 15 is 0 Å². The standard InChI is InChI=1S/C24H24N2O6/c1-29-21-9-5-15(11-23(21)31-3)17(13-25)19(27)7-8-20(28)18(14-26)16-6-10-22(30-2)24(12-16)32-4/h5-6,9-12,17-18H,7-8H2,1-4H3. The number of ketones is 2. The number of methoxy groups -OCH3 is 4. The molecule has 0 N–H and O–H groups in total. The molecule has 0 saturated heterocycles. The smallest absolute Gasteiger partial charge is 0.161 e. The second kappa shape index (κ2) is 11.4. The lowest BCUT2D eigenvalue weighted by molar-refractivity contribution is -0.124. The highest BCUT2D eigenvalue weighted by atomic mass is 16.5. The van der Waals surface area contributed by atoms with Gasteiger partial charge in [-0.25, -0.2) is 0 Å². The Bertz CT molecular complexity index is 982. The molecule has 0 aliphatic rings. The van der Waals surface area contributed by atoms with Crippen LogP contribution in [-0.4, -0.2) is 40.0 Å². The summed E-state index contributed by atoms with van der Waals surface area (Å²) in [5.41, 5.74) is 0.888. The van der Waals surface area contributed by atoms with Crippen LogP contribution in [0.4, 0.5) is 0 Å². The zero-order chi connectivity index (χ0) is 23.7. The molecule has 8 heteroatoms. The third-order valence-electron chi connectivity index (χ3n) is 5.00. The first-order chi connectivity index (χ1) is 15.4. The SMILES string of the molecule is COc1ccc(C(C#N)C(=O)CCC(=O)C(C#N)c2ccc(OC)c(OC)c2)cc1OC. The molecular weight excluding hydrogens is 412 g/mol. The van der Waals surface area contributed by atoms with Gasteiger partial charge in [-0.1, -0.05) is 12.1 Å². The Balaban J connectivity index is 2.14. The van der Waals surface area contributed by atoms with Gasteiger partial charge in [0.1, 0.15) is 11.8 Å². The van der Waals surface area contributed by atoms with Crippen LogP contribution in [0, 0.1) is 22.7 Å². The molecule has 0 amide bonds. The van der Waals surface area contributed by atoms with E-state index in [0.717, 1.165) is 0 Å². The van der Waals surface area contributed by atoms with E-state index in [1.54, 1.807) is 36.4 Å². The summed E-state index contributed by atoms with van der Waals surface area (Å²) in [6.07, 6.45) is -0.340. The number of nitriles is 2. The fraction of sp³-hybridized carbons (Fsp3) is 0.333. The molecular formula is C24H24N2O6. The van der Waals surface area contributed by atoms with Crippen molar-refractivity contribution in [2.75, 3.05) is 28.4 Å². The quantitative estimate of drug-likeness (QED) is 0.525. The van der Waals surface area contributed by atoms with E-state index in [1.165, 1.54) is 28.4 Å². The second-order valence-corrected chi connectivity index (χ2v) is 6.79. The minimum atomic E-state index is -1.07. The van der Waals surface area contributed by atoms with Crippen molar-refractivity contribution in [1.82, 2.24) is 0 Å². The molecule has 0 radical (unpaired) electrons. The molecule has 0 aromatic heterocycles. The fourth-order valence-corrected chi connectivity index (χ4v) is 3.26. The number of nitrogens with zero attached hydrogens (tertiary/aromatic N) is 2. The number of benzene rings is 2. The molecule has 0 heterocycles. The zero-order valence-electron chi connectivity index (χ0n) is 18.4. The zero-order valence-corrected chi connectivity index (χ0v) is 18.4. The number of carbonyl (C=O) groups is 2. The van der Waals surface area contributed by atoms with Crippen molar-refractivity contribution in [1.29, 1.82) is 10.5 Å². The molecule has 166 valence electrons. The monoisotopic (exact) mass is 436 g/mol. The van der Waals surface area contributed by atoms with Crippen LogP contribution in [0.1, 0.15) is 35.8 Å². The summed E-state index contributed by atoms with van der Waals surface area (Å²) in [5, 5.41) is 19.1. The van der Waals surface area contributed by atoms with E-state index in [2.05, 4.69) is 0 Å². The predicted octanol–water partition coefficient (Wildman–Crippen LogP) is 3.55. The first-order valence-corrected chi connectivity index (χ1v) is 9.72. The molecule has 2 aromatic rings. The molecule has 2 aromatic carbocycles. The Morgan fingerprint density at radius 1 is 0.688 bits per heavy atom. The summed E-state index contributed by atoms with van der Waals surface area (Å²) in [4.78, 5) is 25.4. The first kappa shape index (κ1) is 24.2. The molecule has 2 rings (SSSR count). The molecule has 0 saturated carbocycles. The van der Waals surface area contributed by atoms with Gasteiger partial charge in [0.25, 0.3) is 0 Å². The minimum Gasteiger partial charge on any atom is -0.493 e. The highest BCUT2D eigenvalue weighted by molar-refractivity contribution is 5.95. The van der Waals surface area contributed by atoms with Gasteiger partial charge >= 0.3 is 0 Å². The summed E-state index contributed by atoms with van der Waals surface area (Å²) in [6, 6.07) is 13.5. The van der Waals surface area contributed by atoms with E-state index in [0.29, 0.717) is 34.1 Å². The van der Waals surface area contributed by atoms with E-state index in [-0.39, 0.29) is 12.8 Å². The maximum absolute atomic E-state index is 12.7. The van der Waals surface area contributed by atoms with E-state index in [1.807, 2.05) is 12.1 Å². The van der Waals surface area contributed by atoms with Crippen molar-refractivity contribution < 1.29 is 28.5 Å². The van der Waals surface area contributed by atoms with Crippen molar-refractivity contribution >= 4 is 11.6 Å². The summed E-state index contributed by atoms with van der Waals surface area (Å²) in [6.45, 7) is 0. The minimum absolute atomic E-state index is 0.170. The van der Waals surface area contributed by atoms with Gasteiger partial charge < -0.3 is 18.9 Å². The average molecular weight is 436 g/mol. The molecule has 0 spiro atoms. The summed E-state index contributed by atoms with van der Waals surface area (Å²) in [5.74, 6) is -1.23. The van der Waals surface area contributed by atoms with Crippen LogP contribution in [0.3, 0.4) is 0 Å². The molecule has 32 heavy (non-hydrogen) atoms. The van der Waals surface area contributed by atoms with Crippen molar-refractivity contribution in [3.8, 4) is 35.1 Å². The topological polar surface area (TPSA) is 119 Å². The largest absolute Gasteiger partial charge is 0.493 e. The van der Waals surface area contributed by atoms with Gasteiger partial charge in [0.15, 0.2) is 34.6 Å². The van der Waals surface area contributed by atoms with Crippen LogP contribution in [0.2, 0.25) is 0 Å². The maximum atomic E-state index is 12.7. The van der Waals surface area contributed by atoms with Crippen molar-refractivity contribution in [3.63, 3.8) is 0 Å². The van der Waals surface area contributed by atoms with Crippen molar-refractivity contribution in [2.45, 2.75) is 24.7 Å². The highest BCUT2D eigenvalue weighted by Gasteiger charge is 2.26. The van der Waals surface area contributed by atoms with Gasteiger partial charge in [0.2, 0.25) is 0 Å². The van der Waals surface area contributed by atoms with Gasteiger partial charge in [-0.2, -0.15) is 10.5 Å². The molecule has 8 nitrogen and oxygen atoms in total. The summed E-state index contributed by atoms with van der Waals surface area (Å²) < 4.78 is 20.8. The Hall–Kier alpha value is -4.04. The van der Waals surface area contributed by atoms with E-state index in [9.17, 15) is 20.1 Å². The molecule has 0 aliphatic carbocycles. The molecule has 2 atom stereocenters. The van der Waals surface area contributed by atoms with Gasteiger partial charge in [0.05, 0.1) is 40.6 Å². The van der Waals surface area contributed by atoms with Crippen LogP contribution in [0.15, 0.2) is 36.4 Å². The predicted molar refractivity (Wildman–Crippen MR) is 115 cm³/mol. The van der Waals surface area contributed by atoms with Crippen LogP contribution >= 0.6 is 0 Å². The number of Topliss-reactive ketones (excluding diaryl/α,β-unsaturated/α-hetero) is 2. The Morgan fingerprint density at radius 3 is 1.31 bits per heavy atom. The normalized spacial score (nSPS) is 11.9. The fourth-order valence-electron chi connectivity index (χ4n) is 3.26.